The Morgan fingerprint density at radius 1 is 1.07 bits per heavy atom. The van der Waals surface area contributed by atoms with Crippen LogP contribution in [0.4, 0.5) is 4.79 Å². The van der Waals surface area contributed by atoms with Crippen LogP contribution in [-0.2, 0) is 18.9 Å². The molecule has 2 heterocycles. The molecule has 2 fully saturated rings. The highest BCUT2D eigenvalue weighted by atomic mass is 16.7. The Morgan fingerprint density at radius 2 is 1.82 bits per heavy atom. The molecule has 214 valence electrons. The first-order valence-electron chi connectivity index (χ1n) is 13.8. The fourth-order valence-electron chi connectivity index (χ4n) is 4.64. The smallest absolute Gasteiger partial charge is 0.410 e. The average molecular weight is 551 g/mol. The molecule has 2 atom stereocenters. The molecule has 1 aliphatic carbocycles. The fourth-order valence-corrected chi connectivity index (χ4v) is 4.64. The van der Waals surface area contributed by atoms with Gasteiger partial charge in [-0.1, -0.05) is 35.5 Å². The van der Waals surface area contributed by atoms with Crippen molar-refractivity contribution in [2.24, 2.45) is 5.92 Å². The molecule has 5 rings (SSSR count). The molecule has 0 N–H and O–H groups in total. The summed E-state index contributed by atoms with van der Waals surface area (Å²) in [5.41, 5.74) is 2.77. The third-order valence-electron chi connectivity index (χ3n) is 6.80. The van der Waals surface area contributed by atoms with E-state index in [9.17, 15) is 4.79 Å². The zero-order chi connectivity index (χ0) is 28.1. The van der Waals surface area contributed by atoms with Crippen LogP contribution >= 0.6 is 0 Å². The summed E-state index contributed by atoms with van der Waals surface area (Å²) in [6.07, 6.45) is 0.915. The lowest BCUT2D eigenvalue weighted by molar-refractivity contribution is -0.121. The molecule has 1 aromatic heterocycles. The number of hydrogen-bond acceptors (Lipinski definition) is 8. The van der Waals surface area contributed by atoms with Crippen LogP contribution in [0.5, 0.6) is 5.75 Å². The molecule has 0 spiro atoms. The number of rotatable bonds is 10. The summed E-state index contributed by atoms with van der Waals surface area (Å²) in [7, 11) is 1.59. The molecule has 2 aliphatic rings. The second kappa shape index (κ2) is 12.4. The number of benzene rings is 2. The first-order valence-corrected chi connectivity index (χ1v) is 13.8. The van der Waals surface area contributed by atoms with Gasteiger partial charge < -0.3 is 33.1 Å². The van der Waals surface area contributed by atoms with Crippen molar-refractivity contribution in [3.05, 3.63) is 60.4 Å². The topological polar surface area (TPSA) is 92.5 Å². The van der Waals surface area contributed by atoms with Crippen molar-refractivity contribution in [2.75, 3.05) is 40.2 Å². The van der Waals surface area contributed by atoms with Crippen molar-refractivity contribution in [1.29, 1.82) is 0 Å². The van der Waals surface area contributed by atoms with Crippen LogP contribution in [0.1, 0.15) is 45.5 Å². The summed E-state index contributed by atoms with van der Waals surface area (Å²) in [5, 5.41) is 4.53. The van der Waals surface area contributed by atoms with Crippen LogP contribution in [0.2, 0.25) is 0 Å². The molecule has 9 heteroatoms. The molecule has 9 nitrogen and oxygen atoms in total. The van der Waals surface area contributed by atoms with E-state index in [0.29, 0.717) is 49.4 Å². The van der Waals surface area contributed by atoms with Gasteiger partial charge in [-0.25, -0.2) is 4.79 Å². The first kappa shape index (κ1) is 28.1. The molecule has 1 unspecified atom stereocenters. The molecule has 3 aromatic rings. The van der Waals surface area contributed by atoms with Gasteiger partial charge in [0.1, 0.15) is 29.3 Å². The van der Waals surface area contributed by atoms with Gasteiger partial charge in [0.05, 0.1) is 25.3 Å². The minimum Gasteiger partial charge on any atom is -0.468 e. The lowest BCUT2D eigenvalue weighted by atomic mass is 9.95. The maximum atomic E-state index is 12.9. The van der Waals surface area contributed by atoms with E-state index >= 15 is 0 Å². The zero-order valence-corrected chi connectivity index (χ0v) is 23.6. The molecule has 1 aliphatic heterocycles. The molecule has 1 amide bonds. The number of methoxy groups -OCH3 is 1. The lowest BCUT2D eigenvalue weighted by Gasteiger charge is -2.37. The number of nitrogens with zero attached hydrogens (tertiary/aromatic N) is 2. The van der Waals surface area contributed by atoms with E-state index in [2.05, 4.69) is 5.16 Å². The molecule has 1 saturated heterocycles. The van der Waals surface area contributed by atoms with Crippen LogP contribution in [0, 0.1) is 5.92 Å². The predicted molar refractivity (Wildman–Crippen MR) is 149 cm³/mol. The molecular formula is C31H38N2O7. The number of morpholine rings is 1. The second-order valence-electron chi connectivity index (χ2n) is 11.2. The van der Waals surface area contributed by atoms with Crippen LogP contribution in [0.3, 0.4) is 0 Å². The largest absolute Gasteiger partial charge is 0.468 e. The van der Waals surface area contributed by atoms with Crippen LogP contribution in [0.15, 0.2) is 59.1 Å². The van der Waals surface area contributed by atoms with Crippen molar-refractivity contribution in [3.8, 4) is 28.1 Å². The van der Waals surface area contributed by atoms with Gasteiger partial charge in [-0.05, 0) is 69.4 Å². The Hall–Kier alpha value is -3.40. The third-order valence-corrected chi connectivity index (χ3v) is 6.80. The highest BCUT2D eigenvalue weighted by Gasteiger charge is 2.39. The van der Waals surface area contributed by atoms with Gasteiger partial charge in [0, 0.05) is 19.2 Å². The third kappa shape index (κ3) is 7.02. The van der Waals surface area contributed by atoms with E-state index in [4.69, 9.17) is 28.2 Å². The quantitative estimate of drug-likeness (QED) is 0.280. The fraction of sp³-hybridized carbons (Fsp3) is 0.484. The normalized spacial score (nSPS) is 18.4. The minimum absolute atomic E-state index is 0.171. The van der Waals surface area contributed by atoms with E-state index in [1.165, 1.54) is 0 Å². The van der Waals surface area contributed by atoms with E-state index in [1.54, 1.807) is 12.0 Å². The lowest BCUT2D eigenvalue weighted by Crippen LogP contribution is -2.49. The monoisotopic (exact) mass is 550 g/mol. The highest BCUT2D eigenvalue weighted by molar-refractivity contribution is 5.82. The second-order valence-corrected chi connectivity index (χ2v) is 11.2. The van der Waals surface area contributed by atoms with E-state index < -0.39 is 17.8 Å². The van der Waals surface area contributed by atoms with Crippen molar-refractivity contribution < 1.29 is 33.0 Å². The van der Waals surface area contributed by atoms with Gasteiger partial charge in [0.25, 0.3) is 0 Å². The van der Waals surface area contributed by atoms with Crippen LogP contribution < -0.4 is 4.74 Å². The van der Waals surface area contributed by atoms with Gasteiger partial charge in [0.15, 0.2) is 12.6 Å². The molecule has 1 saturated carbocycles. The van der Waals surface area contributed by atoms with Gasteiger partial charge in [-0.2, -0.15) is 0 Å². The minimum atomic E-state index is -0.586. The maximum Gasteiger partial charge on any atom is 0.410 e. The van der Waals surface area contributed by atoms with E-state index in [0.717, 1.165) is 29.5 Å². The average Bonchev–Trinajstić information content (AvgIpc) is 3.68. The van der Waals surface area contributed by atoms with Crippen LogP contribution in [-0.4, -0.2) is 68.1 Å². The number of ether oxygens (including phenoxy) is 5. The summed E-state index contributed by atoms with van der Waals surface area (Å²) in [6.45, 7) is 7.49. The highest BCUT2D eigenvalue weighted by Crippen LogP contribution is 2.42. The summed E-state index contributed by atoms with van der Waals surface area (Å²) in [5.74, 6) is 1.80. The number of amides is 1. The van der Waals surface area contributed by atoms with Crippen molar-refractivity contribution in [3.63, 3.8) is 0 Å². The number of carbonyl (C=O) groups excluding carboxylic acids is 1. The molecule has 0 radical (unpaired) electrons. The summed E-state index contributed by atoms with van der Waals surface area (Å²) < 4.78 is 35.1. The Balaban J connectivity index is 1.49. The SMILES string of the molecule is COCOc1ccc(-c2noc(C(OCC3CC3)[C@H]3CN(C(=O)OC(C)(C)C)CCO3)c2-c2ccccc2)cc1. The predicted octanol–water partition coefficient (Wildman–Crippen LogP) is 6.09. The van der Waals surface area contributed by atoms with Gasteiger partial charge in [-0.3, -0.25) is 0 Å². The van der Waals surface area contributed by atoms with Crippen molar-refractivity contribution in [2.45, 2.75) is 51.4 Å². The molecule has 40 heavy (non-hydrogen) atoms. The Morgan fingerprint density at radius 3 is 2.50 bits per heavy atom. The van der Waals surface area contributed by atoms with Crippen molar-refractivity contribution >= 4 is 6.09 Å². The molecule has 0 bridgehead atoms. The van der Waals surface area contributed by atoms with E-state index in [-0.39, 0.29) is 12.9 Å². The molecule has 2 aromatic carbocycles. The molecular weight excluding hydrogens is 512 g/mol. The number of aromatic nitrogens is 1. The Bertz CT molecular complexity index is 1250. The summed E-state index contributed by atoms with van der Waals surface area (Å²) >= 11 is 0. The number of hydrogen-bond donors (Lipinski definition) is 0. The van der Waals surface area contributed by atoms with Gasteiger partial charge in [-0.15, -0.1) is 0 Å². The van der Waals surface area contributed by atoms with Crippen molar-refractivity contribution in [1.82, 2.24) is 10.1 Å². The first-order chi connectivity index (χ1) is 19.3. The summed E-state index contributed by atoms with van der Waals surface area (Å²) in [4.78, 5) is 14.6. The Kier molecular flexibility index (Phi) is 8.73. The zero-order valence-electron chi connectivity index (χ0n) is 23.6. The van der Waals surface area contributed by atoms with Gasteiger partial charge in [0.2, 0.25) is 0 Å². The van der Waals surface area contributed by atoms with Crippen LogP contribution in [0.25, 0.3) is 22.4 Å². The maximum absolute atomic E-state index is 12.9. The number of carbonyl (C=O) groups is 1. The van der Waals surface area contributed by atoms with Gasteiger partial charge >= 0.3 is 6.09 Å². The summed E-state index contributed by atoms with van der Waals surface area (Å²) in [6, 6.07) is 17.6. The Labute approximate surface area is 235 Å². The van der Waals surface area contributed by atoms with E-state index in [1.807, 2.05) is 75.4 Å². The standard InChI is InChI=1S/C31H38N2O7/c1-31(2,3)39-30(34)33-16-17-36-25(18-33)28(37-19-21-10-11-21)29-26(22-8-6-5-7-9-22)27(32-40-29)23-12-14-24(15-13-23)38-20-35-4/h5-9,12-15,21,25,28H,10-11,16-20H2,1-4H3/t25-,28?/m1/s1.